The van der Waals surface area contributed by atoms with Crippen molar-refractivity contribution in [3.05, 3.63) is 88.4 Å². The summed E-state index contributed by atoms with van der Waals surface area (Å²) in [5.41, 5.74) is 3.92. The Balaban J connectivity index is 1.60. The number of nitrogens with one attached hydrogen (secondary N) is 2. The third kappa shape index (κ3) is 5.59. The molecule has 36 heavy (non-hydrogen) atoms. The van der Waals surface area contributed by atoms with E-state index in [1.165, 1.54) is 17.0 Å². The number of benzene rings is 3. The summed E-state index contributed by atoms with van der Waals surface area (Å²) in [5.74, 6) is -0.844. The number of halogens is 2. The topological polar surface area (TPSA) is 91.0 Å². The molecular formula is C25H20Cl2N4O4S. The highest BCUT2D eigenvalue weighted by Crippen LogP contribution is 2.28. The van der Waals surface area contributed by atoms with E-state index < -0.39 is 23.8 Å². The smallest absolute Gasteiger partial charge is 0.269 e. The number of nitrogens with zero attached hydrogens (tertiary/aromatic N) is 2. The van der Waals surface area contributed by atoms with Gasteiger partial charge in [-0.25, -0.2) is 5.01 Å². The van der Waals surface area contributed by atoms with Gasteiger partial charge in [0.25, 0.3) is 11.8 Å². The number of hydrogen-bond acceptors (Lipinski definition) is 5. The number of thiocarbonyl (C=S) groups is 1. The Morgan fingerprint density at radius 3 is 2.33 bits per heavy atom. The first-order chi connectivity index (χ1) is 17.3. The van der Waals surface area contributed by atoms with Gasteiger partial charge in [-0.15, -0.1) is 0 Å². The highest BCUT2D eigenvalue weighted by Gasteiger charge is 2.45. The molecule has 2 N–H and O–H groups in total. The second kappa shape index (κ2) is 10.9. The second-order valence-corrected chi connectivity index (χ2v) is 8.99. The first kappa shape index (κ1) is 25.4. The molecule has 4 rings (SSSR count). The molecule has 0 saturated carbocycles. The van der Waals surface area contributed by atoms with E-state index in [1.54, 1.807) is 72.8 Å². The third-order valence-electron chi connectivity index (χ3n) is 5.36. The van der Waals surface area contributed by atoms with Gasteiger partial charge in [-0.2, -0.15) is 0 Å². The molecule has 3 aromatic carbocycles. The number of amides is 3. The Labute approximate surface area is 222 Å². The van der Waals surface area contributed by atoms with Crippen LogP contribution in [-0.2, 0) is 9.59 Å². The van der Waals surface area contributed by atoms with E-state index in [4.69, 9.17) is 40.2 Å². The number of carbonyl (C=O) groups is 3. The van der Waals surface area contributed by atoms with Crippen molar-refractivity contribution < 1.29 is 19.1 Å². The fourth-order valence-electron chi connectivity index (χ4n) is 3.60. The standard InChI is InChI=1S/C25H20Cl2N4O4S/c1-35-20-11-9-19(10-12-20)30-24(34)21(14-22(32)28-18-4-2-3-17(27)13-18)31(25(30)36)29-23(33)15-5-7-16(26)8-6-15/h2-13,21H,14H2,1H3,(H,28,32)(H,29,33). The largest absolute Gasteiger partial charge is 0.497 e. The van der Waals surface area contributed by atoms with Crippen LogP contribution in [0.25, 0.3) is 0 Å². The van der Waals surface area contributed by atoms with E-state index in [1.807, 2.05) is 0 Å². The SMILES string of the molecule is COc1ccc(N2C(=O)C(CC(=O)Nc3cccc(Cl)c3)N(NC(=O)c3ccc(Cl)cc3)C2=S)cc1. The van der Waals surface area contributed by atoms with Crippen LogP contribution in [0.4, 0.5) is 11.4 Å². The average molecular weight is 543 g/mol. The van der Waals surface area contributed by atoms with Crippen molar-refractivity contribution in [2.75, 3.05) is 17.3 Å². The summed E-state index contributed by atoms with van der Waals surface area (Å²) in [6, 6.07) is 18.5. The lowest BCUT2D eigenvalue weighted by Crippen LogP contribution is -2.49. The molecule has 0 radical (unpaired) electrons. The number of carbonyl (C=O) groups excluding carboxylic acids is 3. The summed E-state index contributed by atoms with van der Waals surface area (Å²) >= 11 is 17.5. The van der Waals surface area contributed by atoms with Crippen LogP contribution >= 0.6 is 35.4 Å². The fraction of sp³-hybridized carbons (Fsp3) is 0.120. The molecule has 1 aliphatic heterocycles. The Kier molecular flexibility index (Phi) is 7.73. The van der Waals surface area contributed by atoms with Crippen molar-refractivity contribution in [3.8, 4) is 5.75 Å². The van der Waals surface area contributed by atoms with Gasteiger partial charge >= 0.3 is 0 Å². The van der Waals surface area contributed by atoms with Gasteiger partial charge in [0.2, 0.25) is 11.0 Å². The number of rotatable bonds is 7. The van der Waals surface area contributed by atoms with Gasteiger partial charge in [0, 0.05) is 21.3 Å². The van der Waals surface area contributed by atoms with Gasteiger partial charge in [0.15, 0.2) is 0 Å². The zero-order valence-corrected chi connectivity index (χ0v) is 21.2. The van der Waals surface area contributed by atoms with Crippen molar-refractivity contribution >= 4 is 69.6 Å². The Bertz CT molecular complexity index is 1320. The van der Waals surface area contributed by atoms with Crippen LogP contribution in [0.2, 0.25) is 10.0 Å². The summed E-state index contributed by atoms with van der Waals surface area (Å²) in [6.07, 6.45) is -0.279. The van der Waals surface area contributed by atoms with Crippen LogP contribution in [0.3, 0.4) is 0 Å². The number of anilines is 2. The molecule has 184 valence electrons. The minimum absolute atomic E-state index is 0.0213. The molecule has 8 nitrogen and oxygen atoms in total. The first-order valence-corrected chi connectivity index (χ1v) is 11.9. The molecule has 11 heteroatoms. The van der Waals surface area contributed by atoms with Crippen LogP contribution in [0.5, 0.6) is 5.75 Å². The predicted octanol–water partition coefficient (Wildman–Crippen LogP) is 4.68. The van der Waals surface area contributed by atoms with Crippen molar-refractivity contribution in [2.45, 2.75) is 12.5 Å². The summed E-state index contributed by atoms with van der Waals surface area (Å²) < 4.78 is 5.18. The van der Waals surface area contributed by atoms with E-state index in [0.717, 1.165) is 0 Å². The molecule has 0 aliphatic carbocycles. The summed E-state index contributed by atoms with van der Waals surface area (Å²) in [4.78, 5) is 40.5. The predicted molar refractivity (Wildman–Crippen MR) is 142 cm³/mol. The quantitative estimate of drug-likeness (QED) is 0.421. The maximum atomic E-state index is 13.5. The molecule has 1 unspecified atom stereocenters. The van der Waals surface area contributed by atoms with E-state index >= 15 is 0 Å². The van der Waals surface area contributed by atoms with Crippen molar-refractivity contribution in [3.63, 3.8) is 0 Å². The fourth-order valence-corrected chi connectivity index (χ4v) is 4.28. The molecule has 0 bridgehead atoms. The number of methoxy groups -OCH3 is 1. The number of ether oxygens (including phenoxy) is 1. The zero-order chi connectivity index (χ0) is 25.8. The molecule has 0 spiro atoms. The van der Waals surface area contributed by atoms with E-state index in [2.05, 4.69) is 10.7 Å². The maximum Gasteiger partial charge on any atom is 0.269 e. The number of hydrogen-bond donors (Lipinski definition) is 2. The van der Waals surface area contributed by atoms with Crippen molar-refractivity contribution in [1.29, 1.82) is 0 Å². The van der Waals surface area contributed by atoms with Crippen LogP contribution in [0, 0.1) is 0 Å². The molecule has 1 saturated heterocycles. The molecule has 3 aromatic rings. The second-order valence-electron chi connectivity index (χ2n) is 7.75. The van der Waals surface area contributed by atoms with Gasteiger partial charge in [0.1, 0.15) is 11.8 Å². The van der Waals surface area contributed by atoms with Gasteiger partial charge < -0.3 is 10.1 Å². The van der Waals surface area contributed by atoms with Crippen LogP contribution in [0.1, 0.15) is 16.8 Å². The summed E-state index contributed by atoms with van der Waals surface area (Å²) in [7, 11) is 1.53. The molecule has 3 amide bonds. The molecule has 1 atom stereocenters. The monoisotopic (exact) mass is 542 g/mol. The lowest BCUT2D eigenvalue weighted by atomic mass is 10.1. The molecule has 1 aliphatic rings. The van der Waals surface area contributed by atoms with Gasteiger partial charge in [-0.05, 0) is 78.9 Å². The van der Waals surface area contributed by atoms with Crippen molar-refractivity contribution in [1.82, 2.24) is 10.4 Å². The van der Waals surface area contributed by atoms with Crippen molar-refractivity contribution in [2.24, 2.45) is 0 Å². The summed E-state index contributed by atoms with van der Waals surface area (Å²) in [5, 5.41) is 4.90. The van der Waals surface area contributed by atoms with Gasteiger partial charge in [-0.3, -0.25) is 24.7 Å². The normalized spacial score (nSPS) is 15.1. The van der Waals surface area contributed by atoms with Gasteiger partial charge in [-0.1, -0.05) is 29.3 Å². The van der Waals surface area contributed by atoms with E-state index in [9.17, 15) is 14.4 Å². The van der Waals surface area contributed by atoms with Crippen LogP contribution in [0.15, 0.2) is 72.8 Å². The lowest BCUT2D eigenvalue weighted by Gasteiger charge is -2.24. The Hall–Kier alpha value is -3.66. The highest BCUT2D eigenvalue weighted by molar-refractivity contribution is 7.80. The minimum Gasteiger partial charge on any atom is -0.497 e. The first-order valence-electron chi connectivity index (χ1n) is 10.7. The highest BCUT2D eigenvalue weighted by atomic mass is 35.5. The maximum absolute atomic E-state index is 13.5. The van der Waals surface area contributed by atoms with Gasteiger partial charge in [0.05, 0.1) is 19.2 Å². The minimum atomic E-state index is -1.09. The Morgan fingerprint density at radius 2 is 1.69 bits per heavy atom. The summed E-state index contributed by atoms with van der Waals surface area (Å²) in [6.45, 7) is 0. The number of hydrazine groups is 1. The molecule has 1 heterocycles. The lowest BCUT2D eigenvalue weighted by molar-refractivity contribution is -0.124. The zero-order valence-electron chi connectivity index (χ0n) is 18.9. The van der Waals surface area contributed by atoms with E-state index in [0.29, 0.717) is 32.7 Å². The van der Waals surface area contributed by atoms with E-state index in [-0.39, 0.29) is 11.5 Å². The van der Waals surface area contributed by atoms with Crippen LogP contribution in [-0.4, -0.2) is 41.0 Å². The molecule has 0 aromatic heterocycles. The average Bonchev–Trinajstić information content (AvgIpc) is 3.08. The third-order valence-corrected chi connectivity index (χ3v) is 6.23. The Morgan fingerprint density at radius 1 is 1.00 bits per heavy atom. The molecule has 1 fully saturated rings. The van der Waals surface area contributed by atoms with Crippen LogP contribution < -0.4 is 20.4 Å². The molecular weight excluding hydrogens is 523 g/mol.